The number of imidazole rings is 1. The number of phosphoric ester groups is 2. The quantitative estimate of drug-likeness (QED) is 0.109. The number of hydrogen-bond acceptors (Lipinski definition) is 18. The van der Waals surface area contributed by atoms with E-state index in [2.05, 4.69) is 28.3 Å². The number of rotatable bonds is 10. The predicted molar refractivity (Wildman–Crippen MR) is 126 cm³/mol. The summed E-state index contributed by atoms with van der Waals surface area (Å²) in [6.07, 6.45) is -17.7. The lowest BCUT2D eigenvalue weighted by Crippen LogP contribution is -2.61. The van der Waals surface area contributed by atoms with Crippen molar-refractivity contribution in [1.29, 1.82) is 0 Å². The van der Waals surface area contributed by atoms with Gasteiger partial charge >= 0.3 is 15.6 Å². The van der Waals surface area contributed by atoms with E-state index in [9.17, 15) is 54.4 Å². The molecule has 0 amide bonds. The zero-order valence-corrected chi connectivity index (χ0v) is 22.2. The maximum Gasteiger partial charge on any atom is 0.483 e. The van der Waals surface area contributed by atoms with Crippen LogP contribution in [-0.4, -0.2) is 133 Å². The topological polar surface area (TPSA) is 352 Å². The molecule has 0 bridgehead atoms. The molecule has 2 aromatic rings. The number of aliphatic hydroxyl groups excluding tert-OH is 7. The number of hydrogen-bond donors (Lipinski definition) is 11. The molecule has 0 spiro atoms. The second-order valence-electron chi connectivity index (χ2n) is 8.93. The van der Waals surface area contributed by atoms with Gasteiger partial charge in [-0.2, -0.15) is 9.29 Å². The lowest BCUT2D eigenvalue weighted by Gasteiger charge is -2.41. The van der Waals surface area contributed by atoms with Crippen LogP contribution in [-0.2, 0) is 32.0 Å². The first-order valence-electron chi connectivity index (χ1n) is 11.5. The van der Waals surface area contributed by atoms with Crippen LogP contribution in [0.15, 0.2) is 11.1 Å². The van der Waals surface area contributed by atoms with Gasteiger partial charge in [0, 0.05) is 0 Å². The Kier molecular flexibility index (Phi) is 9.34. The van der Waals surface area contributed by atoms with Crippen LogP contribution >= 0.6 is 15.6 Å². The minimum Gasteiger partial charge on any atom is -0.394 e. The summed E-state index contributed by atoms with van der Waals surface area (Å²) in [5.74, 6) is -0.289. The Morgan fingerprint density at radius 2 is 1.73 bits per heavy atom. The molecule has 2 aromatic heterocycles. The van der Waals surface area contributed by atoms with E-state index in [0.29, 0.717) is 0 Å². The first kappa shape index (κ1) is 32.0. The number of aromatic amines is 1. The van der Waals surface area contributed by atoms with E-state index in [0.717, 1.165) is 10.9 Å². The van der Waals surface area contributed by atoms with Crippen LogP contribution in [0.5, 0.6) is 0 Å². The number of nitrogens with one attached hydrogen (secondary N) is 1. The van der Waals surface area contributed by atoms with Gasteiger partial charge in [0.05, 0.1) is 19.5 Å². The smallest absolute Gasteiger partial charge is 0.394 e. The van der Waals surface area contributed by atoms with Crippen molar-refractivity contribution in [3.8, 4) is 0 Å². The molecule has 0 aliphatic carbocycles. The number of nitrogen functional groups attached to an aromatic ring is 1. The second-order valence-corrected chi connectivity index (χ2v) is 11.9. The number of H-pyrrole nitrogens is 1. The van der Waals surface area contributed by atoms with Gasteiger partial charge in [-0.25, -0.2) is 14.1 Å². The van der Waals surface area contributed by atoms with Crippen LogP contribution < -0.4 is 11.3 Å². The van der Waals surface area contributed by atoms with Gasteiger partial charge in [0.2, 0.25) is 5.95 Å². The van der Waals surface area contributed by atoms with Crippen LogP contribution in [0.3, 0.4) is 0 Å². The van der Waals surface area contributed by atoms with E-state index >= 15 is 0 Å². The minimum atomic E-state index is -5.69. The molecule has 4 heterocycles. The standard InChI is InChI=1S/C17H27N5O17P2/c18-17-20-13-6(14(30)21-17)19-3-22(13)15-10(28)7(25)5(36-15)2-35-40(31,32)39-41(33,34)38-16-11(29)8(26)9(27)12(37-16)4(24)1-23/h3-5,7-12,15-16,23-29H,1-2H2,(H,31,32)(H,33,34)(H3,18,20,21,30)/t4-,5+,7+,8-,9-,10+,11-,12+,15+,16+/m0/s1. The summed E-state index contributed by atoms with van der Waals surface area (Å²) in [5.41, 5.74) is 4.51. The monoisotopic (exact) mass is 635 g/mol. The lowest BCUT2D eigenvalue weighted by molar-refractivity contribution is -0.292. The van der Waals surface area contributed by atoms with Gasteiger partial charge in [0.15, 0.2) is 23.7 Å². The van der Waals surface area contributed by atoms with E-state index in [1.165, 1.54) is 0 Å². The van der Waals surface area contributed by atoms with E-state index in [1.54, 1.807) is 0 Å². The Morgan fingerprint density at radius 1 is 1.05 bits per heavy atom. The van der Waals surface area contributed by atoms with Crippen molar-refractivity contribution in [1.82, 2.24) is 19.5 Å². The zero-order valence-electron chi connectivity index (χ0n) is 20.4. The molecule has 2 aliphatic rings. The zero-order chi connectivity index (χ0) is 30.4. The highest BCUT2D eigenvalue weighted by Crippen LogP contribution is 2.61. The van der Waals surface area contributed by atoms with Crippen LogP contribution in [0.25, 0.3) is 11.2 Å². The van der Waals surface area contributed by atoms with Crippen LogP contribution in [0, 0.1) is 0 Å². The van der Waals surface area contributed by atoms with Gasteiger partial charge < -0.3 is 60.7 Å². The number of fused-ring (bicyclic) bond motifs is 1. The number of aromatic nitrogens is 4. The molecule has 12 atom stereocenters. The van der Waals surface area contributed by atoms with Crippen molar-refractivity contribution >= 4 is 32.8 Å². The maximum atomic E-state index is 12.4. The van der Waals surface area contributed by atoms with Crippen LogP contribution in [0.4, 0.5) is 5.95 Å². The molecule has 0 saturated carbocycles. The Balaban J connectivity index is 1.40. The summed E-state index contributed by atoms with van der Waals surface area (Å²) >= 11 is 0. The molecule has 0 radical (unpaired) electrons. The first-order chi connectivity index (χ1) is 19.0. The molecule has 2 aliphatic heterocycles. The van der Waals surface area contributed by atoms with Crippen molar-refractivity contribution in [2.75, 3.05) is 18.9 Å². The third-order valence-corrected chi connectivity index (χ3v) is 8.68. The van der Waals surface area contributed by atoms with Gasteiger partial charge in [-0.3, -0.25) is 23.4 Å². The van der Waals surface area contributed by atoms with E-state index in [-0.39, 0.29) is 17.1 Å². The molecule has 12 N–H and O–H groups in total. The maximum absolute atomic E-state index is 12.4. The van der Waals surface area contributed by atoms with Gasteiger partial charge in [-0.05, 0) is 0 Å². The van der Waals surface area contributed by atoms with Gasteiger partial charge in [-0.1, -0.05) is 0 Å². The summed E-state index contributed by atoms with van der Waals surface area (Å²) in [6.45, 7) is -2.02. The molecular formula is C17H27N5O17P2. The average Bonchev–Trinajstić information content (AvgIpc) is 3.42. The van der Waals surface area contributed by atoms with Crippen molar-refractivity contribution in [2.24, 2.45) is 0 Å². The summed E-state index contributed by atoms with van der Waals surface area (Å²) in [6, 6.07) is 0. The van der Waals surface area contributed by atoms with Crippen molar-refractivity contribution in [3.05, 3.63) is 16.7 Å². The second kappa shape index (κ2) is 12.0. The van der Waals surface area contributed by atoms with E-state index < -0.39 is 95.8 Å². The molecule has 2 saturated heterocycles. The van der Waals surface area contributed by atoms with Crippen molar-refractivity contribution < 1.29 is 77.5 Å². The number of ether oxygens (including phenoxy) is 2. The van der Waals surface area contributed by atoms with Gasteiger partial charge in [0.1, 0.15) is 48.8 Å². The fourth-order valence-corrected chi connectivity index (χ4v) is 6.24. The summed E-state index contributed by atoms with van der Waals surface area (Å²) in [5, 5.41) is 69.3. The first-order valence-corrected chi connectivity index (χ1v) is 14.5. The Morgan fingerprint density at radius 3 is 2.39 bits per heavy atom. The fourth-order valence-electron chi connectivity index (χ4n) is 4.08. The minimum absolute atomic E-state index is 0.128. The van der Waals surface area contributed by atoms with Gasteiger partial charge in [-0.15, -0.1) is 0 Å². The summed E-state index contributed by atoms with van der Waals surface area (Å²) in [7, 11) is -11.2. The number of anilines is 1. The number of phosphoric acid groups is 2. The molecule has 41 heavy (non-hydrogen) atoms. The number of nitrogens with zero attached hydrogens (tertiary/aromatic N) is 3. The fraction of sp³-hybridized carbons (Fsp3) is 0.706. The molecular weight excluding hydrogens is 608 g/mol. The third-order valence-electron chi connectivity index (χ3n) is 6.08. The normalized spacial score (nSPS) is 36.2. The highest BCUT2D eigenvalue weighted by molar-refractivity contribution is 7.61. The summed E-state index contributed by atoms with van der Waals surface area (Å²) in [4.78, 5) is 41.8. The van der Waals surface area contributed by atoms with Crippen molar-refractivity contribution in [3.63, 3.8) is 0 Å². The summed E-state index contributed by atoms with van der Waals surface area (Å²) < 4.78 is 49.3. The Hall–Kier alpha value is -1.95. The third kappa shape index (κ3) is 6.68. The highest BCUT2D eigenvalue weighted by atomic mass is 31.3. The largest absolute Gasteiger partial charge is 0.483 e. The average molecular weight is 635 g/mol. The van der Waals surface area contributed by atoms with E-state index in [1.807, 2.05) is 0 Å². The molecule has 22 nitrogen and oxygen atoms in total. The molecule has 0 aromatic carbocycles. The molecule has 232 valence electrons. The van der Waals surface area contributed by atoms with Gasteiger partial charge in [0.25, 0.3) is 5.56 Å². The molecule has 2 fully saturated rings. The van der Waals surface area contributed by atoms with E-state index in [4.69, 9.17) is 20.3 Å². The number of nitrogens with two attached hydrogens (primary N) is 1. The Labute approximate surface area is 227 Å². The highest BCUT2D eigenvalue weighted by Gasteiger charge is 2.51. The number of aliphatic hydroxyl groups is 7. The SMILES string of the molecule is Nc1nc2c(ncn2[C@@H]2O[C@H](COP(=O)(O)OP(=O)(O)O[C@H]3O[C@H]([C@@H](O)CO)[C@@H](O)[C@H](O)[C@@H]3O)[C@@H](O)[C@H]2O)c(=O)[nH]1. The molecule has 24 heteroatoms. The van der Waals surface area contributed by atoms with Crippen LogP contribution in [0.2, 0.25) is 0 Å². The lowest BCUT2D eigenvalue weighted by atomic mass is 9.96. The molecule has 2 unspecified atom stereocenters. The molecule has 4 rings (SSSR count). The Bertz CT molecular complexity index is 1390. The predicted octanol–water partition coefficient (Wildman–Crippen LogP) is -5.27. The van der Waals surface area contributed by atoms with Crippen LogP contribution in [0.1, 0.15) is 6.23 Å². The van der Waals surface area contributed by atoms with Crippen molar-refractivity contribution in [2.45, 2.75) is 61.3 Å².